The minimum Gasteiger partial charge on any atom is -0.494 e. The number of nitrogens with zero attached hydrogens (tertiary/aromatic N) is 2. The maximum Gasteiger partial charge on any atom is 0.337 e. The first-order valence-electron chi connectivity index (χ1n) is 9.06. The fourth-order valence-corrected chi connectivity index (χ4v) is 4.27. The van der Waals surface area contributed by atoms with E-state index in [1.165, 1.54) is 26.4 Å². The Kier molecular flexibility index (Phi) is 10.6. The standard InChI is InChI=1S/C12H10Cl2N2O4S.C8H6Cl2O3/c1-19-10-7(13)3-2-6(9(10)14)11-15-16-12(20-11)21-5-4-8(17)18;1-13-7-5(9)3-2-4(6(7)10)8(11)12/h2-3H,4-5H2,1H3,(H,17,18);2-3H,1H3,(H,11,12). The first-order chi connectivity index (χ1) is 16.1. The number of aromatic carboxylic acids is 1. The lowest BCUT2D eigenvalue weighted by molar-refractivity contribution is -0.136. The van der Waals surface area contributed by atoms with Gasteiger partial charge in [-0.05, 0) is 24.3 Å². The molecular formula is C20H16Cl4N2O7S. The van der Waals surface area contributed by atoms with Crippen LogP contribution in [-0.4, -0.2) is 52.3 Å². The van der Waals surface area contributed by atoms with Gasteiger partial charge in [-0.3, -0.25) is 4.79 Å². The highest BCUT2D eigenvalue weighted by atomic mass is 35.5. The van der Waals surface area contributed by atoms with Gasteiger partial charge in [0.1, 0.15) is 0 Å². The Hall–Kier alpha value is -2.37. The second-order valence-corrected chi connectivity index (χ2v) is 8.67. The van der Waals surface area contributed by atoms with Gasteiger partial charge in [0.2, 0.25) is 5.89 Å². The third-order valence-corrected chi connectivity index (χ3v) is 6.08. The van der Waals surface area contributed by atoms with E-state index in [0.717, 1.165) is 11.8 Å². The molecule has 0 saturated heterocycles. The van der Waals surface area contributed by atoms with Crippen molar-refractivity contribution in [2.75, 3.05) is 20.0 Å². The van der Waals surface area contributed by atoms with Crippen molar-refractivity contribution < 1.29 is 33.7 Å². The molecule has 0 radical (unpaired) electrons. The van der Waals surface area contributed by atoms with Gasteiger partial charge in [-0.1, -0.05) is 58.2 Å². The van der Waals surface area contributed by atoms with Gasteiger partial charge in [0.25, 0.3) is 5.22 Å². The molecule has 0 unspecified atom stereocenters. The molecule has 0 aliphatic heterocycles. The van der Waals surface area contributed by atoms with Crippen molar-refractivity contribution in [3.05, 3.63) is 49.9 Å². The predicted octanol–water partition coefficient (Wildman–Crippen LogP) is 6.32. The molecule has 1 aromatic heterocycles. The molecule has 0 bridgehead atoms. The number of carboxylic acid groups (broad SMARTS) is 2. The number of methoxy groups -OCH3 is 2. The summed E-state index contributed by atoms with van der Waals surface area (Å²) >= 11 is 24.7. The minimum absolute atomic E-state index is 0.0118. The van der Waals surface area contributed by atoms with Gasteiger partial charge >= 0.3 is 11.9 Å². The molecule has 3 aromatic rings. The van der Waals surface area contributed by atoms with Crippen molar-refractivity contribution in [2.24, 2.45) is 0 Å². The SMILES string of the molecule is COc1c(Cl)ccc(-c2nnc(SCCC(=O)O)o2)c1Cl.COc1c(Cl)ccc(C(=O)O)c1Cl. The predicted molar refractivity (Wildman–Crippen MR) is 129 cm³/mol. The quantitative estimate of drug-likeness (QED) is 0.297. The number of benzene rings is 2. The van der Waals surface area contributed by atoms with Gasteiger partial charge in [-0.15, -0.1) is 10.2 Å². The van der Waals surface area contributed by atoms with Crippen molar-refractivity contribution in [1.29, 1.82) is 0 Å². The molecule has 182 valence electrons. The molecular weight excluding hydrogens is 554 g/mol. The average molecular weight is 570 g/mol. The number of aliphatic carboxylic acids is 1. The number of halogens is 4. The summed E-state index contributed by atoms with van der Waals surface area (Å²) in [5.74, 6) is -0.924. The number of ether oxygens (including phenoxy) is 2. The average Bonchev–Trinajstić information content (AvgIpc) is 3.23. The summed E-state index contributed by atoms with van der Waals surface area (Å²) in [6.45, 7) is 0. The van der Waals surface area contributed by atoms with Crippen molar-refractivity contribution in [3.63, 3.8) is 0 Å². The van der Waals surface area contributed by atoms with Crippen molar-refractivity contribution in [2.45, 2.75) is 11.6 Å². The molecule has 14 heteroatoms. The molecule has 0 fully saturated rings. The molecule has 1 heterocycles. The molecule has 0 spiro atoms. The number of rotatable bonds is 8. The van der Waals surface area contributed by atoms with Crippen molar-refractivity contribution in [3.8, 4) is 23.0 Å². The molecule has 34 heavy (non-hydrogen) atoms. The van der Waals surface area contributed by atoms with E-state index in [-0.39, 0.29) is 43.9 Å². The van der Waals surface area contributed by atoms with Crippen LogP contribution in [0.2, 0.25) is 20.1 Å². The van der Waals surface area contributed by atoms with Crippen LogP contribution in [-0.2, 0) is 4.79 Å². The van der Waals surface area contributed by atoms with E-state index in [9.17, 15) is 9.59 Å². The van der Waals surface area contributed by atoms with Crippen LogP contribution in [0.4, 0.5) is 0 Å². The Morgan fingerprint density at radius 1 is 0.941 bits per heavy atom. The van der Waals surface area contributed by atoms with E-state index in [2.05, 4.69) is 10.2 Å². The van der Waals surface area contributed by atoms with Gasteiger partial charge in [-0.25, -0.2) is 4.79 Å². The number of aromatic nitrogens is 2. The van der Waals surface area contributed by atoms with E-state index in [1.807, 2.05) is 0 Å². The lowest BCUT2D eigenvalue weighted by Gasteiger charge is -2.07. The molecule has 0 saturated carbocycles. The zero-order valence-corrected chi connectivity index (χ0v) is 21.3. The van der Waals surface area contributed by atoms with Gasteiger partial charge < -0.3 is 24.1 Å². The highest BCUT2D eigenvalue weighted by Gasteiger charge is 2.18. The number of carbonyl (C=O) groups is 2. The number of carboxylic acids is 2. The number of hydrogen-bond donors (Lipinski definition) is 2. The van der Waals surface area contributed by atoms with Crippen LogP contribution in [0.1, 0.15) is 16.8 Å². The fourth-order valence-electron chi connectivity index (χ4n) is 2.37. The molecule has 0 amide bonds. The summed E-state index contributed by atoms with van der Waals surface area (Å²) in [7, 11) is 2.83. The van der Waals surface area contributed by atoms with Gasteiger partial charge in [0, 0.05) is 5.75 Å². The Morgan fingerprint density at radius 2 is 1.53 bits per heavy atom. The largest absolute Gasteiger partial charge is 0.494 e. The summed E-state index contributed by atoms with van der Waals surface area (Å²) in [4.78, 5) is 21.1. The second-order valence-electron chi connectivity index (χ2n) is 6.05. The zero-order valence-electron chi connectivity index (χ0n) is 17.5. The third kappa shape index (κ3) is 7.07. The van der Waals surface area contributed by atoms with Gasteiger partial charge in [-0.2, -0.15) is 0 Å². The topological polar surface area (TPSA) is 132 Å². The number of hydrogen-bond acceptors (Lipinski definition) is 8. The molecule has 2 N–H and O–H groups in total. The molecule has 0 aliphatic rings. The zero-order chi connectivity index (χ0) is 25.4. The van der Waals surface area contributed by atoms with Crippen LogP contribution < -0.4 is 9.47 Å². The van der Waals surface area contributed by atoms with Crippen LogP contribution in [0.15, 0.2) is 33.9 Å². The summed E-state index contributed by atoms with van der Waals surface area (Å²) < 4.78 is 15.4. The normalized spacial score (nSPS) is 10.3. The molecule has 0 aliphatic carbocycles. The van der Waals surface area contributed by atoms with Gasteiger partial charge in [0.05, 0.1) is 51.9 Å². The van der Waals surface area contributed by atoms with E-state index in [4.69, 9.17) is 70.5 Å². The van der Waals surface area contributed by atoms with Crippen LogP contribution in [0.3, 0.4) is 0 Å². The van der Waals surface area contributed by atoms with E-state index < -0.39 is 11.9 Å². The van der Waals surface area contributed by atoms with Crippen LogP contribution in [0, 0.1) is 0 Å². The van der Waals surface area contributed by atoms with E-state index in [1.54, 1.807) is 12.1 Å². The Balaban J connectivity index is 0.000000270. The summed E-state index contributed by atoms with van der Waals surface area (Å²) in [5.41, 5.74) is 0.471. The molecule has 9 nitrogen and oxygen atoms in total. The molecule has 3 rings (SSSR count). The van der Waals surface area contributed by atoms with E-state index in [0.29, 0.717) is 22.1 Å². The van der Waals surface area contributed by atoms with Crippen LogP contribution in [0.25, 0.3) is 11.5 Å². The Bertz CT molecular complexity index is 1190. The highest BCUT2D eigenvalue weighted by molar-refractivity contribution is 7.99. The van der Waals surface area contributed by atoms with Crippen LogP contribution in [0.5, 0.6) is 11.5 Å². The Morgan fingerprint density at radius 3 is 2.09 bits per heavy atom. The van der Waals surface area contributed by atoms with Gasteiger partial charge in [0.15, 0.2) is 11.5 Å². The summed E-state index contributed by atoms with van der Waals surface area (Å²) in [6.07, 6.45) is 0.0118. The first-order valence-corrected chi connectivity index (χ1v) is 11.6. The van der Waals surface area contributed by atoms with Crippen molar-refractivity contribution in [1.82, 2.24) is 10.2 Å². The van der Waals surface area contributed by atoms with Crippen molar-refractivity contribution >= 4 is 70.1 Å². The maximum atomic E-state index is 10.6. The smallest absolute Gasteiger partial charge is 0.337 e. The summed E-state index contributed by atoms with van der Waals surface area (Å²) in [5, 5.41) is 26.2. The lowest BCUT2D eigenvalue weighted by Crippen LogP contribution is -1.99. The first kappa shape index (κ1) is 27.9. The monoisotopic (exact) mass is 568 g/mol. The summed E-state index contributed by atoms with van der Waals surface area (Å²) in [6, 6.07) is 6.01. The third-order valence-electron chi connectivity index (χ3n) is 3.92. The minimum atomic E-state index is -1.11. The van der Waals surface area contributed by atoms with Crippen LogP contribution >= 0.6 is 58.2 Å². The highest BCUT2D eigenvalue weighted by Crippen LogP contribution is 2.40. The maximum absolute atomic E-state index is 10.6. The lowest BCUT2D eigenvalue weighted by atomic mass is 10.2. The number of thioether (sulfide) groups is 1. The Labute approximate surface area is 217 Å². The second kappa shape index (κ2) is 12.9. The fraction of sp³-hybridized carbons (Fsp3) is 0.200. The molecule has 0 atom stereocenters. The van der Waals surface area contributed by atoms with E-state index >= 15 is 0 Å². The molecule has 2 aromatic carbocycles.